The van der Waals surface area contributed by atoms with E-state index < -0.39 is 16.0 Å². The third kappa shape index (κ3) is 5.58. The summed E-state index contributed by atoms with van der Waals surface area (Å²) in [5.74, 6) is 0.0864. The zero-order chi connectivity index (χ0) is 20.7. The first-order valence-electron chi connectivity index (χ1n) is 8.49. The van der Waals surface area contributed by atoms with Crippen molar-refractivity contribution in [2.24, 2.45) is 0 Å². The van der Waals surface area contributed by atoms with Crippen molar-refractivity contribution in [2.45, 2.75) is 18.2 Å². The van der Waals surface area contributed by atoms with Gasteiger partial charge in [-0.2, -0.15) is 0 Å². The normalized spacial score (nSPS) is 11.5. The molecular weight excluding hydrogens is 382 g/mol. The molecule has 0 aliphatic heterocycles. The van der Waals surface area contributed by atoms with Crippen LogP contribution in [0.4, 0.5) is 0 Å². The third-order valence-electron chi connectivity index (χ3n) is 4.07. The molecule has 28 heavy (non-hydrogen) atoms. The van der Waals surface area contributed by atoms with Crippen molar-refractivity contribution >= 4 is 22.1 Å². The maximum absolute atomic E-state index is 12.7. The van der Waals surface area contributed by atoms with Gasteiger partial charge in [-0.05, 0) is 54.3 Å². The maximum Gasteiger partial charge on any atom is 0.328 e. The molecule has 0 aliphatic rings. The van der Waals surface area contributed by atoms with Crippen molar-refractivity contribution in [1.82, 2.24) is 4.72 Å². The molecule has 0 saturated heterocycles. The molecule has 2 N–H and O–H groups in total. The largest absolute Gasteiger partial charge is 0.493 e. The van der Waals surface area contributed by atoms with Crippen molar-refractivity contribution < 1.29 is 27.8 Å². The molecule has 0 fully saturated rings. The number of carboxylic acids is 1. The van der Waals surface area contributed by atoms with Gasteiger partial charge >= 0.3 is 5.97 Å². The van der Waals surface area contributed by atoms with Gasteiger partial charge in [0.25, 0.3) is 0 Å². The van der Waals surface area contributed by atoms with Gasteiger partial charge in [0.05, 0.1) is 19.1 Å². The average molecular weight is 405 g/mol. The summed E-state index contributed by atoms with van der Waals surface area (Å²) in [6, 6.07) is 10.2. The quantitative estimate of drug-likeness (QED) is 0.622. The van der Waals surface area contributed by atoms with Gasteiger partial charge in [-0.3, -0.25) is 0 Å². The third-order valence-corrected chi connectivity index (χ3v) is 5.68. The molecule has 2 rings (SSSR count). The van der Waals surface area contributed by atoms with Crippen LogP contribution in [0, 0.1) is 6.92 Å². The van der Waals surface area contributed by atoms with Crippen LogP contribution in [0.15, 0.2) is 47.4 Å². The Kier molecular flexibility index (Phi) is 7.19. The lowest BCUT2D eigenvalue weighted by Gasteiger charge is -2.12. The van der Waals surface area contributed by atoms with E-state index in [1.165, 1.54) is 12.1 Å². The van der Waals surface area contributed by atoms with Crippen LogP contribution >= 0.6 is 0 Å². The molecular formula is C20H23NO6S. The van der Waals surface area contributed by atoms with Gasteiger partial charge in [-0.15, -0.1) is 0 Å². The standard InChI is InChI=1S/C20H23NO6S/c1-14-4-5-15(7-9-20(22)23)13-19(14)28(24,25)21-11-10-16-6-8-17(26-2)18(12-16)27-3/h4-9,12-13,21H,10-11H2,1-3H3,(H,22,23). The number of sulfonamides is 1. The molecule has 0 heterocycles. The summed E-state index contributed by atoms with van der Waals surface area (Å²) < 4.78 is 38.3. The van der Waals surface area contributed by atoms with Gasteiger partial charge in [0.1, 0.15) is 0 Å². The molecule has 2 aromatic carbocycles. The van der Waals surface area contributed by atoms with E-state index in [9.17, 15) is 13.2 Å². The Bertz CT molecular complexity index is 982. The number of benzene rings is 2. The number of carboxylic acid groups (broad SMARTS) is 1. The van der Waals surface area contributed by atoms with Crippen LogP contribution in [0.2, 0.25) is 0 Å². The Hall–Kier alpha value is -2.84. The van der Waals surface area contributed by atoms with Crippen LogP contribution in [0.3, 0.4) is 0 Å². The van der Waals surface area contributed by atoms with Gasteiger partial charge in [-0.25, -0.2) is 17.9 Å². The molecule has 0 radical (unpaired) electrons. The second kappa shape index (κ2) is 9.38. The zero-order valence-corrected chi connectivity index (χ0v) is 16.7. The van der Waals surface area contributed by atoms with Gasteiger partial charge in [-0.1, -0.05) is 18.2 Å². The summed E-state index contributed by atoms with van der Waals surface area (Å²) in [7, 11) is -0.648. The van der Waals surface area contributed by atoms with Gasteiger partial charge in [0.2, 0.25) is 10.0 Å². The average Bonchev–Trinajstić information content (AvgIpc) is 2.66. The molecule has 0 saturated carbocycles. The zero-order valence-electron chi connectivity index (χ0n) is 15.9. The van der Waals surface area contributed by atoms with E-state index in [1.54, 1.807) is 45.4 Å². The first kappa shape index (κ1) is 21.5. The number of nitrogens with one attached hydrogen (secondary N) is 1. The lowest BCUT2D eigenvalue weighted by Crippen LogP contribution is -2.26. The molecule has 8 heteroatoms. The summed E-state index contributed by atoms with van der Waals surface area (Å²) in [5.41, 5.74) is 1.97. The summed E-state index contributed by atoms with van der Waals surface area (Å²) in [6.45, 7) is 1.89. The number of aryl methyl sites for hydroxylation is 1. The minimum Gasteiger partial charge on any atom is -0.493 e. The van der Waals surface area contributed by atoms with Crippen LogP contribution < -0.4 is 14.2 Å². The predicted octanol–water partition coefficient (Wildman–Crippen LogP) is 2.63. The number of ether oxygens (including phenoxy) is 2. The molecule has 0 aliphatic carbocycles. The molecule has 2 aromatic rings. The highest BCUT2D eigenvalue weighted by Gasteiger charge is 2.17. The van der Waals surface area contributed by atoms with Crippen LogP contribution in [-0.2, 0) is 21.2 Å². The van der Waals surface area contributed by atoms with Gasteiger partial charge in [0, 0.05) is 12.6 Å². The highest BCUT2D eigenvalue weighted by Crippen LogP contribution is 2.27. The van der Waals surface area contributed by atoms with E-state index in [0.717, 1.165) is 11.6 Å². The minimum atomic E-state index is -3.74. The molecule has 0 spiro atoms. The highest BCUT2D eigenvalue weighted by atomic mass is 32.2. The Morgan fingerprint density at radius 1 is 1.11 bits per heavy atom. The van der Waals surface area contributed by atoms with E-state index in [1.807, 2.05) is 6.07 Å². The highest BCUT2D eigenvalue weighted by molar-refractivity contribution is 7.89. The number of hydrogen-bond acceptors (Lipinski definition) is 5. The fourth-order valence-electron chi connectivity index (χ4n) is 2.62. The van der Waals surface area contributed by atoms with E-state index in [-0.39, 0.29) is 11.4 Å². The summed E-state index contributed by atoms with van der Waals surface area (Å²) in [5, 5.41) is 8.72. The fraction of sp³-hybridized carbons (Fsp3) is 0.250. The van der Waals surface area contributed by atoms with E-state index >= 15 is 0 Å². The smallest absolute Gasteiger partial charge is 0.328 e. The molecule has 0 amide bonds. The number of rotatable bonds is 9. The van der Waals surface area contributed by atoms with Crippen molar-refractivity contribution in [3.63, 3.8) is 0 Å². The summed E-state index contributed by atoms with van der Waals surface area (Å²) in [4.78, 5) is 10.8. The predicted molar refractivity (Wildman–Crippen MR) is 106 cm³/mol. The van der Waals surface area contributed by atoms with Crippen molar-refractivity contribution in [3.8, 4) is 11.5 Å². The van der Waals surface area contributed by atoms with E-state index in [2.05, 4.69) is 4.72 Å². The molecule has 7 nitrogen and oxygen atoms in total. The second-order valence-electron chi connectivity index (χ2n) is 6.03. The molecule has 150 valence electrons. The number of aliphatic carboxylic acids is 1. The SMILES string of the molecule is COc1ccc(CCNS(=O)(=O)c2cc(C=CC(=O)O)ccc2C)cc1OC. The first-order valence-corrected chi connectivity index (χ1v) is 9.97. The Labute approximate surface area is 164 Å². The fourth-order valence-corrected chi connectivity index (χ4v) is 3.93. The minimum absolute atomic E-state index is 0.118. The molecule has 0 bridgehead atoms. The molecule has 0 atom stereocenters. The monoisotopic (exact) mass is 405 g/mol. The number of methoxy groups -OCH3 is 2. The van der Waals surface area contributed by atoms with Gasteiger partial charge < -0.3 is 14.6 Å². The summed E-state index contributed by atoms with van der Waals surface area (Å²) in [6.07, 6.45) is 2.78. The van der Waals surface area contributed by atoms with E-state index in [4.69, 9.17) is 14.6 Å². The van der Waals surface area contributed by atoms with Crippen LogP contribution in [0.25, 0.3) is 6.08 Å². The Morgan fingerprint density at radius 3 is 2.46 bits per heavy atom. The maximum atomic E-state index is 12.7. The van der Waals surface area contributed by atoms with E-state index in [0.29, 0.717) is 29.0 Å². The topological polar surface area (TPSA) is 102 Å². The Balaban J connectivity index is 2.12. The van der Waals surface area contributed by atoms with Crippen LogP contribution in [0.1, 0.15) is 16.7 Å². The molecule has 0 unspecified atom stereocenters. The van der Waals surface area contributed by atoms with Crippen molar-refractivity contribution in [1.29, 1.82) is 0 Å². The first-order chi connectivity index (χ1) is 13.3. The lowest BCUT2D eigenvalue weighted by atomic mass is 10.1. The van der Waals surface area contributed by atoms with Crippen LogP contribution in [0.5, 0.6) is 11.5 Å². The van der Waals surface area contributed by atoms with Crippen LogP contribution in [-0.4, -0.2) is 40.3 Å². The van der Waals surface area contributed by atoms with Gasteiger partial charge in [0.15, 0.2) is 11.5 Å². The summed E-state index contributed by atoms with van der Waals surface area (Å²) >= 11 is 0. The second-order valence-corrected chi connectivity index (χ2v) is 7.77. The number of hydrogen-bond donors (Lipinski definition) is 2. The molecule has 0 aromatic heterocycles. The number of carbonyl (C=O) groups is 1. The van der Waals surface area contributed by atoms with Crippen molar-refractivity contribution in [2.75, 3.05) is 20.8 Å². The van der Waals surface area contributed by atoms with Crippen molar-refractivity contribution in [3.05, 3.63) is 59.2 Å². The lowest BCUT2D eigenvalue weighted by molar-refractivity contribution is -0.131. The Morgan fingerprint density at radius 2 is 1.82 bits per heavy atom.